The van der Waals surface area contributed by atoms with Crippen molar-refractivity contribution in [3.05, 3.63) is 66.0 Å². The Labute approximate surface area is 161 Å². The topological polar surface area (TPSA) is 45.2 Å². The van der Waals surface area contributed by atoms with E-state index in [1.54, 1.807) is 6.20 Å². The van der Waals surface area contributed by atoms with Crippen LogP contribution in [0.4, 0.5) is 0 Å². The van der Waals surface area contributed by atoms with Gasteiger partial charge in [0.15, 0.2) is 0 Å². The summed E-state index contributed by atoms with van der Waals surface area (Å²) >= 11 is 0. The minimum atomic E-state index is -0.369. The molecule has 1 aliphatic heterocycles. The molecule has 2 fully saturated rings. The maximum atomic E-state index is 13.1. The van der Waals surface area contributed by atoms with Crippen molar-refractivity contribution in [3.8, 4) is 0 Å². The first-order chi connectivity index (χ1) is 12.3. The number of rotatable bonds is 6. The van der Waals surface area contributed by atoms with Crippen molar-refractivity contribution < 1.29 is 4.79 Å². The van der Waals surface area contributed by atoms with Crippen LogP contribution in [-0.2, 0) is 10.2 Å². The number of hydrogen-bond donors (Lipinski definition) is 1. The lowest BCUT2D eigenvalue weighted by Gasteiger charge is -2.27. The van der Waals surface area contributed by atoms with E-state index in [0.29, 0.717) is 0 Å². The highest BCUT2D eigenvalue weighted by atomic mass is 35.5. The van der Waals surface area contributed by atoms with Gasteiger partial charge in [0.05, 0.1) is 11.5 Å². The van der Waals surface area contributed by atoms with E-state index in [9.17, 15) is 4.79 Å². The van der Waals surface area contributed by atoms with Crippen molar-refractivity contribution in [3.63, 3.8) is 0 Å². The van der Waals surface area contributed by atoms with E-state index in [1.165, 1.54) is 18.4 Å². The third-order valence-electron chi connectivity index (χ3n) is 5.55. The lowest BCUT2D eigenvalue weighted by Crippen LogP contribution is -2.41. The normalized spacial score (nSPS) is 19.4. The fraction of sp³-hybridized carbons (Fsp3) is 0.429. The summed E-state index contributed by atoms with van der Waals surface area (Å²) in [7, 11) is 0. The van der Waals surface area contributed by atoms with Gasteiger partial charge in [-0.15, -0.1) is 12.4 Å². The molecule has 5 heteroatoms. The van der Waals surface area contributed by atoms with Gasteiger partial charge in [0.1, 0.15) is 0 Å². The molecule has 1 aromatic carbocycles. The van der Waals surface area contributed by atoms with Crippen LogP contribution in [0.3, 0.4) is 0 Å². The standard InChI is InChI=1S/C21H25N3O.ClH/c25-20(21(10-11-21)18-9-6-12-22-15-18)23-19(16-24-13-4-5-14-24)17-7-2-1-3-8-17;/h1-3,6-9,12,15,19H,4-5,10-11,13-14,16H2,(H,23,25);1H. The SMILES string of the molecule is Cl.O=C(NC(CN1CCCC1)c1ccccc1)C1(c2cccnc2)CC1. The monoisotopic (exact) mass is 371 g/mol. The Bertz CT molecular complexity index is 713. The Hall–Kier alpha value is -1.91. The predicted molar refractivity (Wildman–Crippen MR) is 105 cm³/mol. The second-order valence-corrected chi connectivity index (χ2v) is 7.27. The molecule has 2 heterocycles. The highest BCUT2D eigenvalue weighted by Gasteiger charge is 2.51. The van der Waals surface area contributed by atoms with E-state index in [-0.39, 0.29) is 29.8 Å². The summed E-state index contributed by atoms with van der Waals surface area (Å²) in [5.74, 6) is 0.147. The van der Waals surface area contributed by atoms with E-state index in [0.717, 1.165) is 38.0 Å². The smallest absolute Gasteiger partial charge is 0.231 e. The molecular formula is C21H26ClN3O. The Balaban J connectivity index is 0.00000196. The average molecular weight is 372 g/mol. The maximum absolute atomic E-state index is 13.1. The van der Waals surface area contributed by atoms with Gasteiger partial charge < -0.3 is 10.2 Å². The van der Waals surface area contributed by atoms with Gasteiger partial charge in [-0.3, -0.25) is 9.78 Å². The Morgan fingerprint density at radius 1 is 1.12 bits per heavy atom. The average Bonchev–Trinajstić information content (AvgIpc) is 3.33. The van der Waals surface area contributed by atoms with E-state index in [1.807, 2.05) is 36.5 Å². The quantitative estimate of drug-likeness (QED) is 0.845. The molecule has 4 nitrogen and oxygen atoms in total. The number of carbonyl (C=O) groups excluding carboxylic acids is 1. The Morgan fingerprint density at radius 2 is 1.85 bits per heavy atom. The zero-order chi connectivity index (χ0) is 17.1. The van der Waals surface area contributed by atoms with Crippen molar-refractivity contribution in [2.24, 2.45) is 0 Å². The van der Waals surface area contributed by atoms with Gasteiger partial charge in [-0.25, -0.2) is 0 Å². The molecule has 0 radical (unpaired) electrons. The van der Waals surface area contributed by atoms with Crippen LogP contribution in [0.2, 0.25) is 0 Å². The van der Waals surface area contributed by atoms with Crippen LogP contribution in [0.5, 0.6) is 0 Å². The van der Waals surface area contributed by atoms with E-state index in [4.69, 9.17) is 0 Å². The number of hydrogen-bond acceptors (Lipinski definition) is 3. The molecule has 0 bridgehead atoms. The molecule has 4 rings (SSSR count). The van der Waals surface area contributed by atoms with Gasteiger partial charge in [-0.2, -0.15) is 0 Å². The predicted octanol–water partition coefficient (Wildman–Crippen LogP) is 3.49. The third kappa shape index (κ3) is 3.92. The first-order valence-electron chi connectivity index (χ1n) is 9.27. The van der Waals surface area contributed by atoms with Crippen LogP contribution >= 0.6 is 12.4 Å². The molecule has 138 valence electrons. The summed E-state index contributed by atoms with van der Waals surface area (Å²) in [6.07, 6.45) is 7.94. The molecule has 1 aliphatic carbocycles. The lowest BCUT2D eigenvalue weighted by atomic mass is 9.95. The highest BCUT2D eigenvalue weighted by Crippen LogP contribution is 2.48. The Kier molecular flexibility index (Phi) is 5.94. The van der Waals surface area contributed by atoms with E-state index >= 15 is 0 Å². The van der Waals surface area contributed by atoms with Gasteiger partial charge >= 0.3 is 0 Å². The molecular weight excluding hydrogens is 346 g/mol. The molecule has 1 aromatic heterocycles. The first-order valence-corrected chi connectivity index (χ1v) is 9.27. The van der Waals surface area contributed by atoms with Crippen LogP contribution in [0.1, 0.15) is 42.9 Å². The molecule has 1 atom stereocenters. The first kappa shape index (κ1) is 18.9. The second-order valence-electron chi connectivity index (χ2n) is 7.27. The number of carbonyl (C=O) groups is 1. The van der Waals surface area contributed by atoms with Crippen LogP contribution in [0, 0.1) is 0 Å². The summed E-state index contributed by atoms with van der Waals surface area (Å²) < 4.78 is 0. The molecule has 1 unspecified atom stereocenters. The van der Waals surface area contributed by atoms with Gasteiger partial charge in [-0.1, -0.05) is 36.4 Å². The molecule has 1 amide bonds. The molecule has 2 aromatic rings. The number of aromatic nitrogens is 1. The van der Waals surface area contributed by atoms with Crippen LogP contribution in [-0.4, -0.2) is 35.4 Å². The van der Waals surface area contributed by atoms with Gasteiger partial charge in [0, 0.05) is 18.9 Å². The minimum absolute atomic E-state index is 0. The van der Waals surface area contributed by atoms with Crippen molar-refractivity contribution >= 4 is 18.3 Å². The molecule has 0 spiro atoms. The maximum Gasteiger partial charge on any atom is 0.231 e. The molecule has 1 N–H and O–H groups in total. The van der Waals surface area contributed by atoms with Gasteiger partial charge in [0.2, 0.25) is 5.91 Å². The summed E-state index contributed by atoms with van der Waals surface area (Å²) in [6.45, 7) is 3.15. The number of nitrogens with one attached hydrogen (secondary N) is 1. The largest absolute Gasteiger partial charge is 0.347 e. The van der Waals surface area contributed by atoms with Crippen molar-refractivity contribution in [1.29, 1.82) is 0 Å². The van der Waals surface area contributed by atoms with Crippen molar-refractivity contribution in [1.82, 2.24) is 15.2 Å². The van der Waals surface area contributed by atoms with Crippen LogP contribution in [0.25, 0.3) is 0 Å². The zero-order valence-corrected chi connectivity index (χ0v) is 15.8. The van der Waals surface area contributed by atoms with Crippen molar-refractivity contribution in [2.75, 3.05) is 19.6 Å². The number of nitrogens with zero attached hydrogens (tertiary/aromatic N) is 2. The van der Waals surface area contributed by atoms with Crippen LogP contribution < -0.4 is 5.32 Å². The number of likely N-dealkylation sites (tertiary alicyclic amines) is 1. The Morgan fingerprint density at radius 3 is 2.46 bits per heavy atom. The van der Waals surface area contributed by atoms with Gasteiger partial charge in [-0.05, 0) is 56.0 Å². The number of halogens is 1. The number of benzene rings is 1. The molecule has 1 saturated heterocycles. The van der Waals surface area contributed by atoms with Crippen molar-refractivity contribution in [2.45, 2.75) is 37.1 Å². The fourth-order valence-corrected chi connectivity index (χ4v) is 3.86. The van der Waals surface area contributed by atoms with Crippen LogP contribution in [0.15, 0.2) is 54.9 Å². The number of amides is 1. The molecule has 1 saturated carbocycles. The number of pyridine rings is 1. The minimum Gasteiger partial charge on any atom is -0.347 e. The lowest BCUT2D eigenvalue weighted by molar-refractivity contribution is -0.124. The zero-order valence-electron chi connectivity index (χ0n) is 14.9. The summed E-state index contributed by atoms with van der Waals surface area (Å²) in [4.78, 5) is 19.8. The summed E-state index contributed by atoms with van der Waals surface area (Å²) in [6, 6.07) is 14.3. The van der Waals surface area contributed by atoms with Gasteiger partial charge in [0.25, 0.3) is 0 Å². The molecule has 26 heavy (non-hydrogen) atoms. The fourth-order valence-electron chi connectivity index (χ4n) is 3.86. The van der Waals surface area contributed by atoms with E-state index in [2.05, 4.69) is 27.3 Å². The summed E-state index contributed by atoms with van der Waals surface area (Å²) in [5.41, 5.74) is 1.86. The second kappa shape index (κ2) is 8.19. The summed E-state index contributed by atoms with van der Waals surface area (Å²) in [5, 5.41) is 3.35. The highest BCUT2D eigenvalue weighted by molar-refractivity contribution is 5.91. The van der Waals surface area contributed by atoms with E-state index < -0.39 is 0 Å². The third-order valence-corrected chi connectivity index (χ3v) is 5.55. The molecule has 2 aliphatic rings.